The highest BCUT2D eigenvalue weighted by Crippen LogP contribution is 2.18. The second-order valence-corrected chi connectivity index (χ2v) is 5.31. The van der Waals surface area contributed by atoms with Gasteiger partial charge in [0.05, 0.1) is 19.8 Å². The molecule has 0 aliphatic carbocycles. The zero-order chi connectivity index (χ0) is 15.6. The van der Waals surface area contributed by atoms with Crippen LogP contribution in [0.5, 0.6) is 11.5 Å². The average molecular weight is 307 g/mol. The van der Waals surface area contributed by atoms with Crippen molar-refractivity contribution in [3.8, 4) is 11.5 Å². The molecule has 5 nitrogen and oxygen atoms in total. The fraction of sp³-hybridized carbons (Fsp3) is 0.588. The lowest BCUT2D eigenvalue weighted by molar-refractivity contribution is -0.137. The summed E-state index contributed by atoms with van der Waals surface area (Å²) in [5, 5.41) is 0. The Morgan fingerprint density at radius 2 is 1.73 bits per heavy atom. The number of amides is 1. The highest BCUT2D eigenvalue weighted by atomic mass is 16.5. The SMILES string of the molecule is CCCCCOc1ccc(OCC(=O)N2CCOCC2)cc1. The van der Waals surface area contributed by atoms with Gasteiger partial charge in [-0.05, 0) is 30.7 Å². The van der Waals surface area contributed by atoms with Crippen molar-refractivity contribution in [2.24, 2.45) is 0 Å². The molecule has 0 atom stereocenters. The number of rotatable bonds is 8. The van der Waals surface area contributed by atoms with Gasteiger partial charge in [-0.1, -0.05) is 19.8 Å². The number of hydrogen-bond donors (Lipinski definition) is 0. The molecule has 1 aromatic carbocycles. The van der Waals surface area contributed by atoms with Gasteiger partial charge in [-0.15, -0.1) is 0 Å². The zero-order valence-electron chi connectivity index (χ0n) is 13.3. The Kier molecular flexibility index (Phi) is 7.03. The summed E-state index contributed by atoms with van der Waals surface area (Å²) in [7, 11) is 0. The van der Waals surface area contributed by atoms with Gasteiger partial charge in [0.25, 0.3) is 5.91 Å². The summed E-state index contributed by atoms with van der Waals surface area (Å²) < 4.78 is 16.4. The molecule has 1 saturated heterocycles. The maximum absolute atomic E-state index is 12.0. The molecule has 1 fully saturated rings. The molecular formula is C17H25NO4. The number of benzene rings is 1. The molecule has 0 unspecified atom stereocenters. The first kappa shape index (κ1) is 16.6. The van der Waals surface area contributed by atoms with Gasteiger partial charge in [-0.2, -0.15) is 0 Å². The zero-order valence-corrected chi connectivity index (χ0v) is 13.3. The van der Waals surface area contributed by atoms with Crippen molar-refractivity contribution in [2.75, 3.05) is 39.5 Å². The lowest BCUT2D eigenvalue weighted by Crippen LogP contribution is -2.42. The van der Waals surface area contributed by atoms with E-state index >= 15 is 0 Å². The van der Waals surface area contributed by atoms with Crippen molar-refractivity contribution in [1.29, 1.82) is 0 Å². The standard InChI is InChI=1S/C17H25NO4/c1-2-3-4-11-21-15-5-7-16(8-6-15)22-14-17(19)18-9-12-20-13-10-18/h5-8H,2-4,9-14H2,1H3. The summed E-state index contributed by atoms with van der Waals surface area (Å²) in [6, 6.07) is 7.42. The Labute approximate surface area is 132 Å². The van der Waals surface area contributed by atoms with E-state index in [1.54, 1.807) is 4.90 Å². The highest BCUT2D eigenvalue weighted by Gasteiger charge is 2.16. The normalized spacial score (nSPS) is 14.7. The predicted octanol–water partition coefficient (Wildman–Crippen LogP) is 2.49. The van der Waals surface area contributed by atoms with E-state index in [-0.39, 0.29) is 12.5 Å². The summed E-state index contributed by atoms with van der Waals surface area (Å²) in [5.41, 5.74) is 0. The topological polar surface area (TPSA) is 48.0 Å². The fourth-order valence-corrected chi connectivity index (χ4v) is 2.22. The Hall–Kier alpha value is -1.75. The number of unbranched alkanes of at least 4 members (excludes halogenated alkanes) is 2. The van der Waals surface area contributed by atoms with Crippen LogP contribution < -0.4 is 9.47 Å². The molecule has 0 spiro atoms. The van der Waals surface area contributed by atoms with E-state index in [0.717, 1.165) is 18.8 Å². The van der Waals surface area contributed by atoms with Crippen molar-refractivity contribution in [1.82, 2.24) is 4.90 Å². The number of hydrogen-bond acceptors (Lipinski definition) is 4. The predicted molar refractivity (Wildman–Crippen MR) is 84.4 cm³/mol. The molecule has 1 aliphatic rings. The van der Waals surface area contributed by atoms with E-state index in [4.69, 9.17) is 14.2 Å². The van der Waals surface area contributed by atoms with E-state index in [1.807, 2.05) is 24.3 Å². The first-order chi connectivity index (χ1) is 10.8. The van der Waals surface area contributed by atoms with E-state index in [2.05, 4.69) is 6.92 Å². The summed E-state index contributed by atoms with van der Waals surface area (Å²) in [6.45, 7) is 5.48. The molecule has 0 saturated carbocycles. The Bertz CT molecular complexity index is 440. The van der Waals surface area contributed by atoms with Gasteiger partial charge in [0.2, 0.25) is 0 Å². The summed E-state index contributed by atoms with van der Waals surface area (Å²) in [4.78, 5) is 13.7. The molecule has 0 radical (unpaired) electrons. The lowest BCUT2D eigenvalue weighted by atomic mass is 10.3. The summed E-state index contributed by atoms with van der Waals surface area (Å²) >= 11 is 0. The van der Waals surface area contributed by atoms with Gasteiger partial charge in [-0.25, -0.2) is 0 Å². The third-order valence-corrected chi connectivity index (χ3v) is 3.57. The molecular weight excluding hydrogens is 282 g/mol. The molecule has 0 bridgehead atoms. The minimum Gasteiger partial charge on any atom is -0.494 e. The number of ether oxygens (including phenoxy) is 3. The largest absolute Gasteiger partial charge is 0.494 e. The maximum Gasteiger partial charge on any atom is 0.260 e. The van der Waals surface area contributed by atoms with Crippen molar-refractivity contribution < 1.29 is 19.0 Å². The van der Waals surface area contributed by atoms with Gasteiger partial charge < -0.3 is 19.1 Å². The van der Waals surface area contributed by atoms with Crippen molar-refractivity contribution in [2.45, 2.75) is 26.2 Å². The van der Waals surface area contributed by atoms with Gasteiger partial charge >= 0.3 is 0 Å². The monoisotopic (exact) mass is 307 g/mol. The van der Waals surface area contributed by atoms with E-state index in [1.165, 1.54) is 12.8 Å². The smallest absolute Gasteiger partial charge is 0.260 e. The van der Waals surface area contributed by atoms with Crippen LogP contribution in [-0.4, -0.2) is 50.3 Å². The van der Waals surface area contributed by atoms with Crippen LogP contribution in [0, 0.1) is 0 Å². The molecule has 1 amide bonds. The van der Waals surface area contributed by atoms with E-state index in [9.17, 15) is 4.79 Å². The number of carbonyl (C=O) groups excluding carboxylic acids is 1. The second kappa shape index (κ2) is 9.30. The minimum atomic E-state index is 0.00296. The molecule has 1 aliphatic heterocycles. The Morgan fingerprint density at radius 3 is 2.36 bits per heavy atom. The molecule has 122 valence electrons. The molecule has 22 heavy (non-hydrogen) atoms. The van der Waals surface area contributed by atoms with Crippen LogP contribution in [0.3, 0.4) is 0 Å². The third kappa shape index (κ3) is 5.56. The molecule has 5 heteroatoms. The highest BCUT2D eigenvalue weighted by molar-refractivity contribution is 5.77. The summed E-state index contributed by atoms with van der Waals surface area (Å²) in [6.07, 6.45) is 3.45. The second-order valence-electron chi connectivity index (χ2n) is 5.31. The maximum atomic E-state index is 12.0. The number of nitrogens with zero attached hydrogens (tertiary/aromatic N) is 1. The lowest BCUT2D eigenvalue weighted by Gasteiger charge is -2.26. The minimum absolute atomic E-state index is 0.00296. The van der Waals surface area contributed by atoms with E-state index < -0.39 is 0 Å². The molecule has 0 N–H and O–H groups in total. The number of carbonyl (C=O) groups is 1. The quantitative estimate of drug-likeness (QED) is 0.692. The fourth-order valence-electron chi connectivity index (χ4n) is 2.22. The average Bonchev–Trinajstić information content (AvgIpc) is 2.58. The van der Waals surface area contributed by atoms with Crippen molar-refractivity contribution in [3.05, 3.63) is 24.3 Å². The van der Waals surface area contributed by atoms with Crippen LogP contribution in [0.4, 0.5) is 0 Å². The van der Waals surface area contributed by atoms with Crippen LogP contribution in [0.1, 0.15) is 26.2 Å². The molecule has 0 aromatic heterocycles. The molecule has 2 rings (SSSR count). The first-order valence-electron chi connectivity index (χ1n) is 8.01. The summed E-state index contributed by atoms with van der Waals surface area (Å²) in [5.74, 6) is 1.52. The number of morpholine rings is 1. The Balaban J connectivity index is 1.70. The molecule has 1 aromatic rings. The van der Waals surface area contributed by atoms with Crippen LogP contribution in [0.25, 0.3) is 0 Å². The van der Waals surface area contributed by atoms with Gasteiger partial charge in [0, 0.05) is 13.1 Å². The van der Waals surface area contributed by atoms with Crippen LogP contribution in [-0.2, 0) is 9.53 Å². The van der Waals surface area contributed by atoms with Crippen molar-refractivity contribution >= 4 is 5.91 Å². The first-order valence-corrected chi connectivity index (χ1v) is 8.01. The van der Waals surface area contributed by atoms with Gasteiger partial charge in [0.15, 0.2) is 6.61 Å². The van der Waals surface area contributed by atoms with E-state index in [0.29, 0.717) is 32.1 Å². The van der Waals surface area contributed by atoms with Crippen LogP contribution >= 0.6 is 0 Å². The third-order valence-electron chi connectivity index (χ3n) is 3.57. The van der Waals surface area contributed by atoms with Gasteiger partial charge in [0.1, 0.15) is 11.5 Å². The van der Waals surface area contributed by atoms with Crippen LogP contribution in [0.15, 0.2) is 24.3 Å². The molecule has 1 heterocycles. The Morgan fingerprint density at radius 1 is 1.09 bits per heavy atom. The van der Waals surface area contributed by atoms with Crippen LogP contribution in [0.2, 0.25) is 0 Å². The van der Waals surface area contributed by atoms with Gasteiger partial charge in [-0.3, -0.25) is 4.79 Å². The van der Waals surface area contributed by atoms with Crippen molar-refractivity contribution in [3.63, 3.8) is 0 Å².